The SMILES string of the molecule is CC(C)(C)OC(=O)NCC(O)C=C(Cc1c[nH]c2ccccc12)C(=O)O. The number of nitrogens with one attached hydrogen (secondary N) is 2. The molecule has 7 nitrogen and oxygen atoms in total. The lowest BCUT2D eigenvalue weighted by molar-refractivity contribution is -0.132. The predicted molar refractivity (Wildman–Crippen MR) is 98.0 cm³/mol. The predicted octanol–water partition coefficient (Wildman–Crippen LogP) is 2.61. The molecule has 0 saturated carbocycles. The third-order valence-electron chi connectivity index (χ3n) is 3.58. The zero-order chi connectivity index (χ0) is 19.3. The van der Waals surface area contributed by atoms with Crippen LogP contribution in [0.1, 0.15) is 26.3 Å². The number of aromatic nitrogens is 1. The summed E-state index contributed by atoms with van der Waals surface area (Å²) in [5.74, 6) is -1.12. The summed E-state index contributed by atoms with van der Waals surface area (Å²) in [5.41, 5.74) is 1.14. The number of aliphatic carboxylic acids is 1. The highest BCUT2D eigenvalue weighted by molar-refractivity contribution is 5.90. The van der Waals surface area contributed by atoms with Crippen LogP contribution in [0.25, 0.3) is 10.9 Å². The van der Waals surface area contributed by atoms with Gasteiger partial charge in [-0.3, -0.25) is 0 Å². The van der Waals surface area contributed by atoms with E-state index >= 15 is 0 Å². The lowest BCUT2D eigenvalue weighted by atomic mass is 10.0. The van der Waals surface area contributed by atoms with Gasteiger partial charge in [0.1, 0.15) is 5.60 Å². The smallest absolute Gasteiger partial charge is 0.407 e. The average molecular weight is 360 g/mol. The van der Waals surface area contributed by atoms with Crippen molar-refractivity contribution in [1.82, 2.24) is 10.3 Å². The number of carboxylic acids is 1. The monoisotopic (exact) mass is 360 g/mol. The molecule has 2 rings (SSSR count). The van der Waals surface area contributed by atoms with Gasteiger partial charge in [-0.1, -0.05) is 18.2 Å². The minimum Gasteiger partial charge on any atom is -0.478 e. The summed E-state index contributed by atoms with van der Waals surface area (Å²) in [7, 11) is 0. The summed E-state index contributed by atoms with van der Waals surface area (Å²) < 4.78 is 5.07. The number of carbonyl (C=O) groups is 2. The molecule has 0 aliphatic heterocycles. The van der Waals surface area contributed by atoms with Gasteiger partial charge in [-0.05, 0) is 38.5 Å². The van der Waals surface area contributed by atoms with Crippen LogP contribution >= 0.6 is 0 Å². The van der Waals surface area contributed by atoms with Crippen molar-refractivity contribution in [3.63, 3.8) is 0 Å². The molecule has 2 aromatic rings. The highest BCUT2D eigenvalue weighted by Gasteiger charge is 2.18. The summed E-state index contributed by atoms with van der Waals surface area (Å²) >= 11 is 0. The van der Waals surface area contributed by atoms with E-state index in [1.165, 1.54) is 6.08 Å². The summed E-state index contributed by atoms with van der Waals surface area (Å²) in [6.45, 7) is 5.05. The zero-order valence-corrected chi connectivity index (χ0v) is 15.1. The molecule has 0 fully saturated rings. The Hall–Kier alpha value is -2.80. The standard InChI is InChI=1S/C19H24N2O5/c1-19(2,3)26-18(25)21-11-14(22)9-12(17(23)24)8-13-10-20-16-7-5-4-6-15(13)16/h4-7,9-10,14,20,22H,8,11H2,1-3H3,(H,21,25)(H,23,24). The van der Waals surface area contributed by atoms with Gasteiger partial charge in [0.2, 0.25) is 0 Å². The van der Waals surface area contributed by atoms with Crippen molar-refractivity contribution in [2.45, 2.75) is 38.9 Å². The van der Waals surface area contributed by atoms with E-state index in [1.807, 2.05) is 24.3 Å². The number of H-pyrrole nitrogens is 1. The number of aromatic amines is 1. The van der Waals surface area contributed by atoms with Crippen molar-refractivity contribution in [2.24, 2.45) is 0 Å². The van der Waals surface area contributed by atoms with Crippen LogP contribution in [0, 0.1) is 0 Å². The Bertz CT molecular complexity index is 817. The van der Waals surface area contributed by atoms with Crippen LogP contribution in [0.15, 0.2) is 42.1 Å². The lowest BCUT2D eigenvalue weighted by Crippen LogP contribution is -2.36. The number of rotatable bonds is 6. The molecule has 4 N–H and O–H groups in total. The first-order valence-electron chi connectivity index (χ1n) is 8.29. The first-order valence-corrected chi connectivity index (χ1v) is 8.29. The maximum absolute atomic E-state index is 11.6. The van der Waals surface area contributed by atoms with Crippen molar-refractivity contribution >= 4 is 23.0 Å². The Kier molecular flexibility index (Phi) is 6.05. The molecule has 0 aliphatic carbocycles. The van der Waals surface area contributed by atoms with Gasteiger partial charge in [-0.15, -0.1) is 0 Å². The molecule has 0 saturated heterocycles. The maximum atomic E-state index is 11.6. The zero-order valence-electron chi connectivity index (χ0n) is 15.1. The van der Waals surface area contributed by atoms with Crippen molar-refractivity contribution in [3.05, 3.63) is 47.7 Å². The average Bonchev–Trinajstić information content (AvgIpc) is 2.94. The molecule has 0 bridgehead atoms. The second-order valence-electron chi connectivity index (χ2n) is 6.98. The molecule has 26 heavy (non-hydrogen) atoms. The van der Waals surface area contributed by atoms with Crippen LogP contribution in [0.5, 0.6) is 0 Å². The third kappa shape index (κ3) is 5.63. The molecule has 1 heterocycles. The lowest BCUT2D eigenvalue weighted by Gasteiger charge is -2.20. The summed E-state index contributed by atoms with van der Waals surface area (Å²) in [6, 6.07) is 7.58. The number of benzene rings is 1. The number of carboxylic acid groups (broad SMARTS) is 1. The molecular weight excluding hydrogens is 336 g/mol. The van der Waals surface area contributed by atoms with E-state index in [1.54, 1.807) is 27.0 Å². The quantitative estimate of drug-likeness (QED) is 0.592. The molecular formula is C19H24N2O5. The van der Waals surface area contributed by atoms with Crippen LogP contribution in [0.4, 0.5) is 4.79 Å². The van der Waals surface area contributed by atoms with Gasteiger partial charge >= 0.3 is 12.1 Å². The number of hydrogen-bond acceptors (Lipinski definition) is 4. The van der Waals surface area contributed by atoms with E-state index in [4.69, 9.17) is 4.74 Å². The fourth-order valence-corrected chi connectivity index (χ4v) is 2.48. The number of carbonyl (C=O) groups excluding carboxylic acids is 1. The Morgan fingerprint density at radius 1 is 1.31 bits per heavy atom. The summed E-state index contributed by atoms with van der Waals surface area (Å²) in [4.78, 5) is 26.2. The minimum absolute atomic E-state index is 0.0493. The Morgan fingerprint density at radius 3 is 2.65 bits per heavy atom. The van der Waals surface area contributed by atoms with Gasteiger partial charge in [-0.2, -0.15) is 0 Å². The molecule has 1 atom stereocenters. The highest BCUT2D eigenvalue weighted by Crippen LogP contribution is 2.21. The normalized spacial score (nSPS) is 13.5. The molecule has 1 aromatic heterocycles. The first-order chi connectivity index (χ1) is 12.2. The van der Waals surface area contributed by atoms with Gasteiger partial charge in [0.15, 0.2) is 0 Å². The number of alkyl carbamates (subject to hydrolysis) is 1. The van der Waals surface area contributed by atoms with Crippen molar-refractivity contribution < 1.29 is 24.5 Å². The molecule has 1 unspecified atom stereocenters. The maximum Gasteiger partial charge on any atom is 0.407 e. The Balaban J connectivity index is 2.04. The summed E-state index contributed by atoms with van der Waals surface area (Å²) in [5, 5.41) is 22.8. The topological polar surface area (TPSA) is 112 Å². The molecule has 0 aliphatic rings. The van der Waals surface area contributed by atoms with E-state index in [-0.39, 0.29) is 18.5 Å². The fraction of sp³-hybridized carbons (Fsp3) is 0.368. The van der Waals surface area contributed by atoms with Crippen LogP contribution in [0.2, 0.25) is 0 Å². The van der Waals surface area contributed by atoms with Crippen LogP contribution in [-0.4, -0.2) is 45.5 Å². The summed E-state index contributed by atoms with van der Waals surface area (Å²) in [6.07, 6.45) is 1.34. The van der Waals surface area contributed by atoms with Gasteiger partial charge in [0, 0.05) is 29.1 Å². The Morgan fingerprint density at radius 2 is 2.00 bits per heavy atom. The van der Waals surface area contributed by atoms with Gasteiger partial charge in [0.25, 0.3) is 0 Å². The fourth-order valence-electron chi connectivity index (χ4n) is 2.48. The van der Waals surface area contributed by atoms with E-state index in [9.17, 15) is 19.8 Å². The second kappa shape index (κ2) is 8.05. The molecule has 0 radical (unpaired) electrons. The number of aliphatic hydroxyl groups excluding tert-OH is 1. The van der Waals surface area contributed by atoms with Crippen LogP contribution in [-0.2, 0) is 16.0 Å². The molecule has 0 spiro atoms. The number of fused-ring (bicyclic) bond motifs is 1. The van der Waals surface area contributed by atoms with E-state index in [0.717, 1.165) is 16.5 Å². The number of ether oxygens (including phenoxy) is 1. The largest absolute Gasteiger partial charge is 0.478 e. The molecule has 1 aromatic carbocycles. The van der Waals surface area contributed by atoms with E-state index in [0.29, 0.717) is 0 Å². The van der Waals surface area contributed by atoms with Crippen molar-refractivity contribution in [2.75, 3.05) is 6.54 Å². The third-order valence-corrected chi connectivity index (χ3v) is 3.58. The van der Waals surface area contributed by atoms with Crippen molar-refractivity contribution in [1.29, 1.82) is 0 Å². The van der Waals surface area contributed by atoms with Gasteiger partial charge in [-0.25, -0.2) is 9.59 Å². The van der Waals surface area contributed by atoms with Gasteiger partial charge < -0.3 is 25.3 Å². The molecule has 140 valence electrons. The minimum atomic E-state index is -1.14. The highest BCUT2D eigenvalue weighted by atomic mass is 16.6. The van der Waals surface area contributed by atoms with E-state index in [2.05, 4.69) is 10.3 Å². The number of aliphatic hydroxyl groups is 1. The number of para-hydroxylation sites is 1. The van der Waals surface area contributed by atoms with Crippen LogP contribution in [0.3, 0.4) is 0 Å². The van der Waals surface area contributed by atoms with Gasteiger partial charge in [0.05, 0.1) is 12.6 Å². The molecule has 1 amide bonds. The molecule has 7 heteroatoms. The van der Waals surface area contributed by atoms with Crippen LogP contribution < -0.4 is 5.32 Å². The second-order valence-corrected chi connectivity index (χ2v) is 6.98. The number of amides is 1. The first kappa shape index (κ1) is 19.5. The van der Waals surface area contributed by atoms with Crippen molar-refractivity contribution in [3.8, 4) is 0 Å². The number of hydrogen-bond donors (Lipinski definition) is 4. The van der Waals surface area contributed by atoms with E-state index < -0.39 is 23.8 Å². The Labute approximate surface area is 151 Å².